The van der Waals surface area contributed by atoms with Gasteiger partial charge in [0.2, 0.25) is 0 Å². The Hall–Kier alpha value is -0.440. The lowest BCUT2D eigenvalue weighted by Gasteiger charge is -1.96. The molecule has 0 saturated carbocycles. The number of hydrogen-bond donors (Lipinski definition) is 0. The smallest absolute Gasteiger partial charge is 0.0431 e. The minimum atomic E-state index is -2.33. The molecule has 0 heterocycles. The van der Waals surface area contributed by atoms with Gasteiger partial charge in [-0.2, -0.15) is 0 Å². The molecule has 0 fully saturated rings. The standard InChI is InChI=1S/CH2O3.ClH/c2-1(3)4;/h(H2,2,3,4);1H/p-2. The van der Waals surface area contributed by atoms with Crippen molar-refractivity contribution in [2.45, 2.75) is 0 Å². The summed E-state index contributed by atoms with van der Waals surface area (Å²) < 4.78 is 0. The lowest BCUT2D eigenvalue weighted by Crippen LogP contribution is -2.37. The Morgan fingerprint density at radius 3 is 1.40 bits per heavy atom. The summed E-state index contributed by atoms with van der Waals surface area (Å²) in [6.45, 7) is 0. The van der Waals surface area contributed by atoms with E-state index in [9.17, 15) is 0 Å². The SMILES string of the molecule is Cl.O=C([O-])[O-]. The van der Waals surface area contributed by atoms with Crippen molar-refractivity contribution in [3.63, 3.8) is 0 Å². The van der Waals surface area contributed by atoms with E-state index >= 15 is 0 Å². The molecule has 3 nitrogen and oxygen atoms in total. The van der Waals surface area contributed by atoms with Crippen molar-refractivity contribution in [3.8, 4) is 0 Å². The number of rotatable bonds is 0. The number of carbonyl (C=O) groups is 1. The van der Waals surface area contributed by atoms with E-state index in [1.807, 2.05) is 0 Å². The molecule has 0 aliphatic heterocycles. The molecule has 0 atom stereocenters. The molecule has 0 radical (unpaired) electrons. The molecule has 0 aliphatic rings. The van der Waals surface area contributed by atoms with Gasteiger partial charge in [0.1, 0.15) is 0 Å². The van der Waals surface area contributed by atoms with Crippen LogP contribution in [0.1, 0.15) is 0 Å². The first kappa shape index (κ1) is 8.82. The highest BCUT2D eigenvalue weighted by atomic mass is 35.5. The predicted molar refractivity (Wildman–Crippen MR) is 12.6 cm³/mol. The first-order chi connectivity index (χ1) is 1.73. The van der Waals surface area contributed by atoms with E-state index in [0.717, 1.165) is 0 Å². The van der Waals surface area contributed by atoms with Gasteiger partial charge in [0.25, 0.3) is 0 Å². The van der Waals surface area contributed by atoms with Crippen LogP contribution in [-0.2, 0) is 0 Å². The minimum absolute atomic E-state index is 0. The maximum absolute atomic E-state index is 8.33. The highest BCUT2D eigenvalue weighted by Crippen LogP contribution is 1.21. The van der Waals surface area contributed by atoms with Crippen LogP contribution in [0.5, 0.6) is 0 Å². The molecule has 0 aromatic rings. The summed E-state index contributed by atoms with van der Waals surface area (Å²) in [6.07, 6.45) is -2.33. The highest BCUT2D eigenvalue weighted by molar-refractivity contribution is 5.85. The van der Waals surface area contributed by atoms with Crippen molar-refractivity contribution in [1.29, 1.82) is 0 Å². The molecule has 0 N–H and O–H groups in total. The second-order valence-electron chi connectivity index (χ2n) is 0.250. The predicted octanol–water partition coefficient (Wildman–Crippen LogP) is -2.03. The maximum Gasteiger partial charge on any atom is -0.0431 e. The lowest BCUT2D eigenvalue weighted by atomic mass is 11.5. The average molecular weight is 96.5 g/mol. The summed E-state index contributed by atoms with van der Waals surface area (Å²) >= 11 is 0. The fourth-order valence-electron chi connectivity index (χ4n) is 0. The first-order valence-corrected chi connectivity index (χ1v) is 0.612. The van der Waals surface area contributed by atoms with Gasteiger partial charge >= 0.3 is 0 Å². The van der Waals surface area contributed by atoms with Crippen LogP contribution in [0, 0.1) is 0 Å². The molecule has 0 aliphatic carbocycles. The van der Waals surface area contributed by atoms with Gasteiger partial charge in [-0.15, -0.1) is 12.4 Å². The molecule has 0 unspecified atom stereocenters. The normalized spacial score (nSPS) is 4.80. The third kappa shape index (κ3) is 44.8. The molecule has 32 valence electrons. The lowest BCUT2D eigenvalue weighted by molar-refractivity contribution is -0.415. The van der Waals surface area contributed by atoms with Crippen LogP contribution in [0.25, 0.3) is 0 Å². The zero-order valence-corrected chi connectivity index (χ0v) is 2.95. The second-order valence-corrected chi connectivity index (χ2v) is 0.250. The van der Waals surface area contributed by atoms with Crippen LogP contribution >= 0.6 is 12.4 Å². The zero-order valence-electron chi connectivity index (χ0n) is 2.13. The Labute approximate surface area is 34.6 Å². The van der Waals surface area contributed by atoms with E-state index in [0.29, 0.717) is 0 Å². The largest absolute Gasteiger partial charge is 0.652 e. The molecule has 4 heteroatoms. The number of hydrogen-bond acceptors (Lipinski definition) is 3. The zero-order chi connectivity index (χ0) is 3.58. The van der Waals surface area contributed by atoms with Crippen molar-refractivity contribution in [3.05, 3.63) is 0 Å². The molecular formula is CHClO3-2. The summed E-state index contributed by atoms with van der Waals surface area (Å²) in [4.78, 5) is 8.33. The van der Waals surface area contributed by atoms with Gasteiger partial charge in [0.05, 0.1) is 0 Å². The monoisotopic (exact) mass is 96.0 g/mol. The van der Waals surface area contributed by atoms with Gasteiger partial charge in [-0.3, -0.25) is 0 Å². The number of carboxylic acid groups (broad SMARTS) is 2. The molecule has 0 aromatic carbocycles. The van der Waals surface area contributed by atoms with Gasteiger partial charge in [-0.25, -0.2) is 0 Å². The van der Waals surface area contributed by atoms with Gasteiger partial charge in [-0.05, 0) is 6.16 Å². The topological polar surface area (TPSA) is 63.2 Å². The van der Waals surface area contributed by atoms with E-state index in [4.69, 9.17) is 15.0 Å². The first-order valence-electron chi connectivity index (χ1n) is 0.612. The molecule has 0 amide bonds. The van der Waals surface area contributed by atoms with Gasteiger partial charge in [0.15, 0.2) is 0 Å². The maximum atomic E-state index is 8.33. The van der Waals surface area contributed by atoms with Crippen LogP contribution in [0.3, 0.4) is 0 Å². The third-order valence-electron chi connectivity index (χ3n) is 0. The Bertz CT molecular complexity index is 29.9. The molecule has 0 rings (SSSR count). The van der Waals surface area contributed by atoms with Crippen LogP contribution in [0.2, 0.25) is 0 Å². The molecule has 0 spiro atoms. The van der Waals surface area contributed by atoms with Crippen molar-refractivity contribution < 1.29 is 15.0 Å². The van der Waals surface area contributed by atoms with Crippen molar-refractivity contribution in [1.82, 2.24) is 0 Å². The molecule has 5 heavy (non-hydrogen) atoms. The van der Waals surface area contributed by atoms with E-state index in [2.05, 4.69) is 0 Å². The minimum Gasteiger partial charge on any atom is -0.652 e. The van der Waals surface area contributed by atoms with Crippen molar-refractivity contribution >= 4 is 18.6 Å². The molecule has 0 saturated heterocycles. The van der Waals surface area contributed by atoms with Gasteiger partial charge in [0, 0.05) is 0 Å². The van der Waals surface area contributed by atoms with Crippen molar-refractivity contribution in [2.75, 3.05) is 0 Å². The summed E-state index contributed by atoms with van der Waals surface area (Å²) in [5.74, 6) is 0. The highest BCUT2D eigenvalue weighted by Gasteiger charge is 1.26. The summed E-state index contributed by atoms with van der Waals surface area (Å²) in [7, 11) is 0. The Balaban J connectivity index is 0. The van der Waals surface area contributed by atoms with E-state index < -0.39 is 6.16 Å². The fourth-order valence-corrected chi connectivity index (χ4v) is 0. The Kier molecular flexibility index (Phi) is 6.28. The number of halogens is 1. The second kappa shape index (κ2) is 3.56. The van der Waals surface area contributed by atoms with Gasteiger partial charge < -0.3 is 15.0 Å². The van der Waals surface area contributed by atoms with E-state index in [1.54, 1.807) is 0 Å². The summed E-state index contributed by atoms with van der Waals surface area (Å²) in [5, 5.41) is 16.7. The van der Waals surface area contributed by atoms with Crippen LogP contribution in [0.4, 0.5) is 4.79 Å². The van der Waals surface area contributed by atoms with E-state index in [-0.39, 0.29) is 12.4 Å². The Morgan fingerprint density at radius 1 is 1.40 bits per heavy atom. The average Bonchev–Trinajstić information content (AvgIpc) is 0.811. The quantitative estimate of drug-likeness (QED) is 0.350. The van der Waals surface area contributed by atoms with E-state index in [1.165, 1.54) is 0 Å². The van der Waals surface area contributed by atoms with Crippen LogP contribution in [0.15, 0.2) is 0 Å². The fraction of sp³-hybridized carbons (Fsp3) is 0. The molecular weight excluding hydrogens is 95.5 g/mol. The van der Waals surface area contributed by atoms with Crippen LogP contribution < -0.4 is 10.2 Å². The summed E-state index contributed by atoms with van der Waals surface area (Å²) in [6, 6.07) is 0. The third-order valence-corrected chi connectivity index (χ3v) is 0. The Morgan fingerprint density at radius 2 is 1.40 bits per heavy atom. The van der Waals surface area contributed by atoms with Crippen molar-refractivity contribution in [2.24, 2.45) is 0 Å². The molecule has 0 aromatic heterocycles. The summed E-state index contributed by atoms with van der Waals surface area (Å²) in [5.41, 5.74) is 0. The van der Waals surface area contributed by atoms with Crippen LogP contribution in [-0.4, -0.2) is 6.16 Å². The molecule has 0 bridgehead atoms. The number of carbonyl (C=O) groups excluding carboxylic acids is 1. The van der Waals surface area contributed by atoms with Gasteiger partial charge in [-0.1, -0.05) is 0 Å².